The summed E-state index contributed by atoms with van der Waals surface area (Å²) in [4.78, 5) is 25.3. The summed E-state index contributed by atoms with van der Waals surface area (Å²) in [5.74, 6) is -0.0857. The molecule has 4 aromatic rings. The highest BCUT2D eigenvalue weighted by molar-refractivity contribution is 6.31. The van der Waals surface area contributed by atoms with Crippen molar-refractivity contribution in [2.75, 3.05) is 5.32 Å². The van der Waals surface area contributed by atoms with Gasteiger partial charge in [0.2, 0.25) is 5.43 Å². The second-order valence-electron chi connectivity index (χ2n) is 6.43. The molecule has 4 rings (SSSR count). The fraction of sp³-hybridized carbons (Fsp3) is 0.0952. The van der Waals surface area contributed by atoms with Gasteiger partial charge in [-0.3, -0.25) is 9.59 Å². The van der Waals surface area contributed by atoms with Crippen LogP contribution in [0.2, 0.25) is 5.02 Å². The van der Waals surface area contributed by atoms with Crippen molar-refractivity contribution in [1.82, 2.24) is 9.78 Å². The lowest BCUT2D eigenvalue weighted by Crippen LogP contribution is -2.23. The van der Waals surface area contributed by atoms with Crippen LogP contribution in [-0.2, 0) is 6.54 Å². The Bertz CT molecular complexity index is 1230. The van der Waals surface area contributed by atoms with E-state index in [0.717, 1.165) is 11.8 Å². The molecule has 2 aromatic heterocycles. The highest BCUT2D eigenvalue weighted by atomic mass is 35.5. The van der Waals surface area contributed by atoms with Crippen molar-refractivity contribution in [3.05, 3.63) is 92.9 Å². The van der Waals surface area contributed by atoms with E-state index in [1.165, 1.54) is 11.6 Å². The van der Waals surface area contributed by atoms with Crippen LogP contribution in [0.25, 0.3) is 11.0 Å². The van der Waals surface area contributed by atoms with Gasteiger partial charge < -0.3 is 9.73 Å². The largest absolute Gasteiger partial charge is 0.463 e. The maximum Gasteiger partial charge on any atom is 0.263 e. The molecule has 0 unspecified atom stereocenters. The van der Waals surface area contributed by atoms with Gasteiger partial charge in [0.1, 0.15) is 23.2 Å². The average molecular weight is 394 g/mol. The van der Waals surface area contributed by atoms with Gasteiger partial charge in [0.15, 0.2) is 0 Å². The Labute approximate surface area is 165 Å². The van der Waals surface area contributed by atoms with Crippen LogP contribution < -0.4 is 10.7 Å². The van der Waals surface area contributed by atoms with E-state index in [2.05, 4.69) is 10.4 Å². The molecular formula is C21H16ClN3O3. The summed E-state index contributed by atoms with van der Waals surface area (Å²) in [6.45, 7) is 2.51. The molecule has 0 spiro atoms. The average Bonchev–Trinajstić information content (AvgIpc) is 3.11. The monoisotopic (exact) mass is 393 g/mol. The van der Waals surface area contributed by atoms with Crippen LogP contribution in [0, 0.1) is 6.92 Å². The molecule has 1 N–H and O–H groups in total. The summed E-state index contributed by atoms with van der Waals surface area (Å²) in [6.07, 6.45) is 2.75. The summed E-state index contributed by atoms with van der Waals surface area (Å²) in [5, 5.41) is 7.63. The smallest absolute Gasteiger partial charge is 0.263 e. The number of fused-ring (bicyclic) bond motifs is 1. The molecule has 0 atom stereocenters. The van der Waals surface area contributed by atoms with Gasteiger partial charge >= 0.3 is 0 Å². The zero-order chi connectivity index (χ0) is 19.7. The molecule has 0 saturated carbocycles. The number of rotatable bonds is 4. The topological polar surface area (TPSA) is 77.1 Å². The maximum absolute atomic E-state index is 12.7. The van der Waals surface area contributed by atoms with Crippen molar-refractivity contribution >= 4 is 34.3 Å². The van der Waals surface area contributed by atoms with Crippen LogP contribution in [0.1, 0.15) is 21.5 Å². The van der Waals surface area contributed by atoms with Crippen molar-refractivity contribution in [2.45, 2.75) is 13.5 Å². The van der Waals surface area contributed by atoms with Crippen LogP contribution in [0.15, 0.2) is 70.2 Å². The molecule has 6 nitrogen and oxygen atoms in total. The fourth-order valence-corrected chi connectivity index (χ4v) is 3.05. The summed E-state index contributed by atoms with van der Waals surface area (Å²) >= 11 is 5.95. The minimum Gasteiger partial charge on any atom is -0.463 e. The summed E-state index contributed by atoms with van der Waals surface area (Å²) in [7, 11) is 0. The molecule has 0 fully saturated rings. The third kappa shape index (κ3) is 3.54. The molecular weight excluding hydrogens is 378 g/mol. The highest BCUT2D eigenvalue weighted by Gasteiger charge is 2.16. The Hall–Kier alpha value is -3.38. The number of anilines is 1. The fourth-order valence-electron chi connectivity index (χ4n) is 2.87. The number of nitrogens with one attached hydrogen (secondary N) is 1. The van der Waals surface area contributed by atoms with Crippen molar-refractivity contribution in [3.8, 4) is 0 Å². The quantitative estimate of drug-likeness (QED) is 0.562. The van der Waals surface area contributed by atoms with Crippen molar-refractivity contribution < 1.29 is 9.21 Å². The normalized spacial score (nSPS) is 10.9. The first-order valence-electron chi connectivity index (χ1n) is 8.61. The number of hydrogen-bond donors (Lipinski definition) is 1. The zero-order valence-electron chi connectivity index (χ0n) is 15.0. The molecule has 28 heavy (non-hydrogen) atoms. The Morgan fingerprint density at radius 1 is 1.18 bits per heavy atom. The van der Waals surface area contributed by atoms with Crippen molar-refractivity contribution in [3.63, 3.8) is 0 Å². The van der Waals surface area contributed by atoms with E-state index in [0.29, 0.717) is 23.0 Å². The standard InChI is InChI=1S/C21H16ClN3O3/c1-13-2-4-14(5-3-13)11-25-19(8-9-23-25)24-21(27)17-12-28-18-7-6-15(22)10-16(18)20(17)26/h2-10,12H,11H2,1H3,(H,24,27). The van der Waals surface area contributed by atoms with Crippen LogP contribution >= 0.6 is 11.6 Å². The minimum absolute atomic E-state index is 0.0992. The SMILES string of the molecule is Cc1ccc(Cn2nccc2NC(=O)c2coc3ccc(Cl)cc3c2=O)cc1. The van der Waals surface area contributed by atoms with E-state index in [9.17, 15) is 9.59 Å². The molecule has 0 radical (unpaired) electrons. The van der Waals surface area contributed by atoms with E-state index in [1.807, 2.05) is 31.2 Å². The lowest BCUT2D eigenvalue weighted by atomic mass is 10.1. The lowest BCUT2D eigenvalue weighted by molar-refractivity contribution is 0.102. The number of nitrogens with zero attached hydrogens (tertiary/aromatic N) is 2. The van der Waals surface area contributed by atoms with Crippen molar-refractivity contribution in [1.29, 1.82) is 0 Å². The number of hydrogen-bond acceptors (Lipinski definition) is 4. The number of aromatic nitrogens is 2. The minimum atomic E-state index is -0.568. The number of aryl methyl sites for hydroxylation is 1. The first-order valence-corrected chi connectivity index (χ1v) is 8.99. The Morgan fingerprint density at radius 2 is 1.96 bits per heavy atom. The van der Waals surface area contributed by atoms with E-state index in [4.69, 9.17) is 16.0 Å². The second-order valence-corrected chi connectivity index (χ2v) is 6.87. The van der Waals surface area contributed by atoms with Gasteiger partial charge in [0.25, 0.3) is 5.91 Å². The molecule has 0 saturated heterocycles. The molecule has 1 amide bonds. The van der Waals surface area contributed by atoms with Gasteiger partial charge in [-0.1, -0.05) is 41.4 Å². The van der Waals surface area contributed by atoms with Gasteiger partial charge in [0, 0.05) is 11.1 Å². The summed E-state index contributed by atoms with van der Waals surface area (Å²) < 4.78 is 7.07. The van der Waals surface area contributed by atoms with Crippen LogP contribution in [-0.4, -0.2) is 15.7 Å². The molecule has 7 heteroatoms. The van der Waals surface area contributed by atoms with Crippen molar-refractivity contribution in [2.24, 2.45) is 0 Å². The molecule has 2 heterocycles. The Kier molecular flexibility index (Phi) is 4.71. The second kappa shape index (κ2) is 7.32. The molecule has 140 valence electrons. The third-order valence-corrected chi connectivity index (χ3v) is 4.63. The van der Waals surface area contributed by atoms with Gasteiger partial charge in [-0.2, -0.15) is 5.10 Å². The number of carbonyl (C=O) groups is 1. The van der Waals surface area contributed by atoms with Gasteiger partial charge in [-0.25, -0.2) is 4.68 Å². The summed E-state index contributed by atoms with van der Waals surface area (Å²) in [5.41, 5.74) is 2.05. The highest BCUT2D eigenvalue weighted by Crippen LogP contribution is 2.18. The first kappa shape index (κ1) is 18.0. The van der Waals surface area contributed by atoms with Crippen LogP contribution in [0.4, 0.5) is 5.82 Å². The molecule has 0 aliphatic heterocycles. The van der Waals surface area contributed by atoms with Crippen LogP contribution in [0.3, 0.4) is 0 Å². The predicted molar refractivity (Wildman–Crippen MR) is 108 cm³/mol. The summed E-state index contributed by atoms with van der Waals surface area (Å²) in [6, 6.07) is 14.4. The first-order chi connectivity index (χ1) is 13.5. The van der Waals surface area contributed by atoms with Gasteiger partial charge in [-0.15, -0.1) is 0 Å². The zero-order valence-corrected chi connectivity index (χ0v) is 15.7. The van der Waals surface area contributed by atoms with Gasteiger partial charge in [0.05, 0.1) is 18.1 Å². The lowest BCUT2D eigenvalue weighted by Gasteiger charge is -2.09. The molecule has 0 aliphatic carbocycles. The number of carbonyl (C=O) groups excluding carboxylic acids is 1. The maximum atomic E-state index is 12.7. The number of halogens is 1. The van der Waals surface area contributed by atoms with E-state index in [-0.39, 0.29) is 10.9 Å². The molecule has 0 aliphatic rings. The number of benzene rings is 2. The van der Waals surface area contributed by atoms with E-state index < -0.39 is 11.3 Å². The van der Waals surface area contributed by atoms with Crippen LogP contribution in [0.5, 0.6) is 0 Å². The third-order valence-electron chi connectivity index (χ3n) is 4.39. The predicted octanol–water partition coefficient (Wildman–Crippen LogP) is 4.25. The number of amides is 1. The Balaban J connectivity index is 1.60. The van der Waals surface area contributed by atoms with Gasteiger partial charge in [-0.05, 0) is 30.7 Å². The van der Waals surface area contributed by atoms with E-state index in [1.54, 1.807) is 29.1 Å². The molecule has 0 bridgehead atoms. The Morgan fingerprint density at radius 3 is 2.75 bits per heavy atom. The molecule has 2 aromatic carbocycles. The van der Waals surface area contributed by atoms with E-state index >= 15 is 0 Å².